The maximum absolute atomic E-state index is 9.60. The molecule has 2 rings (SSSR count). The Kier molecular flexibility index (Phi) is 4.69. The van der Waals surface area contributed by atoms with Gasteiger partial charge in [-0.2, -0.15) is 0 Å². The van der Waals surface area contributed by atoms with Crippen LogP contribution < -0.4 is 0 Å². The molecule has 0 radical (unpaired) electrons. The van der Waals surface area contributed by atoms with Gasteiger partial charge in [0.1, 0.15) is 11.2 Å². The molecule has 0 saturated heterocycles. The number of halogens is 1. The number of rotatable bonds is 1. The number of H-pyrrole nitrogens is 1. The van der Waals surface area contributed by atoms with Crippen molar-refractivity contribution in [3.63, 3.8) is 0 Å². The summed E-state index contributed by atoms with van der Waals surface area (Å²) in [5.41, 5.74) is 0.608. The van der Waals surface area contributed by atoms with Gasteiger partial charge in [0.15, 0.2) is 0 Å². The van der Waals surface area contributed by atoms with Crippen LogP contribution in [0.5, 0.6) is 0 Å². The maximum atomic E-state index is 9.60. The van der Waals surface area contributed by atoms with E-state index in [1.54, 1.807) is 6.20 Å². The van der Waals surface area contributed by atoms with Crippen molar-refractivity contribution in [1.29, 1.82) is 0 Å². The van der Waals surface area contributed by atoms with Crippen LogP contribution in [0.15, 0.2) is 29.0 Å². The molecular formula is C12H15BrN2O2. The fourth-order valence-electron chi connectivity index (χ4n) is 1.07. The van der Waals surface area contributed by atoms with Crippen molar-refractivity contribution in [2.75, 3.05) is 0 Å². The van der Waals surface area contributed by atoms with Crippen molar-refractivity contribution < 1.29 is 9.53 Å². The number of aromatic amines is 1. The molecule has 0 aliphatic heterocycles. The van der Waals surface area contributed by atoms with E-state index in [0.717, 1.165) is 15.5 Å². The second-order valence-corrected chi connectivity index (χ2v) is 5.21. The van der Waals surface area contributed by atoms with Crippen LogP contribution in [0.4, 0.5) is 0 Å². The predicted molar refractivity (Wildman–Crippen MR) is 70.7 cm³/mol. The van der Waals surface area contributed by atoms with Crippen molar-refractivity contribution >= 4 is 33.4 Å². The van der Waals surface area contributed by atoms with E-state index in [2.05, 4.69) is 30.6 Å². The highest BCUT2D eigenvalue weighted by Gasteiger charge is 2.07. The summed E-state index contributed by atoms with van der Waals surface area (Å²) in [6, 6.07) is 3.92. The molecule has 0 aromatic carbocycles. The van der Waals surface area contributed by atoms with E-state index in [1.165, 1.54) is 0 Å². The van der Waals surface area contributed by atoms with Gasteiger partial charge < -0.3 is 9.72 Å². The minimum absolute atomic E-state index is 0.318. The highest BCUT2D eigenvalue weighted by molar-refractivity contribution is 9.10. The van der Waals surface area contributed by atoms with E-state index in [-0.39, 0.29) is 5.60 Å². The Balaban J connectivity index is 0.000000185. The minimum atomic E-state index is -0.318. The van der Waals surface area contributed by atoms with Crippen molar-refractivity contribution in [3.05, 3.63) is 29.0 Å². The molecule has 0 spiro atoms. The van der Waals surface area contributed by atoms with Crippen LogP contribution in [0.2, 0.25) is 0 Å². The number of ether oxygens (including phenoxy) is 1. The van der Waals surface area contributed by atoms with Gasteiger partial charge in [-0.15, -0.1) is 0 Å². The van der Waals surface area contributed by atoms with Gasteiger partial charge >= 0.3 is 0 Å². The first-order chi connectivity index (χ1) is 7.94. The highest BCUT2D eigenvalue weighted by Crippen LogP contribution is 2.19. The summed E-state index contributed by atoms with van der Waals surface area (Å²) in [5, 5.41) is 1.13. The summed E-state index contributed by atoms with van der Waals surface area (Å²) in [5.74, 6) is 0. The second kappa shape index (κ2) is 5.82. The highest BCUT2D eigenvalue weighted by atomic mass is 79.9. The zero-order valence-electron chi connectivity index (χ0n) is 10.0. The van der Waals surface area contributed by atoms with E-state index in [1.807, 2.05) is 39.1 Å². The van der Waals surface area contributed by atoms with Gasteiger partial charge in [-0.1, -0.05) is 0 Å². The number of nitrogens with one attached hydrogen (secondary N) is 1. The molecule has 0 aliphatic carbocycles. The van der Waals surface area contributed by atoms with Crippen LogP contribution in [0.1, 0.15) is 20.8 Å². The molecule has 5 heteroatoms. The fourth-order valence-corrected chi connectivity index (χ4v) is 1.51. The number of hydrogen-bond acceptors (Lipinski definition) is 3. The molecule has 0 bridgehead atoms. The number of nitrogens with zero attached hydrogens (tertiary/aromatic N) is 1. The van der Waals surface area contributed by atoms with Crippen LogP contribution in [-0.4, -0.2) is 22.0 Å². The molecule has 4 nitrogen and oxygen atoms in total. The number of hydrogen-bond donors (Lipinski definition) is 1. The Morgan fingerprint density at radius 3 is 2.59 bits per heavy atom. The first-order valence-corrected chi connectivity index (χ1v) is 5.92. The maximum Gasteiger partial charge on any atom is 0.293 e. The number of aromatic nitrogens is 2. The Bertz CT molecular complexity index is 488. The van der Waals surface area contributed by atoms with E-state index in [4.69, 9.17) is 0 Å². The lowest BCUT2D eigenvalue weighted by atomic mass is 10.2. The lowest BCUT2D eigenvalue weighted by Crippen LogP contribution is -2.17. The lowest BCUT2D eigenvalue weighted by molar-refractivity contribution is -0.138. The van der Waals surface area contributed by atoms with Gasteiger partial charge in [-0.05, 0) is 48.8 Å². The topological polar surface area (TPSA) is 55.0 Å². The van der Waals surface area contributed by atoms with E-state index in [9.17, 15) is 4.79 Å². The minimum Gasteiger partial charge on any atom is -0.462 e. The molecule has 0 aliphatic rings. The zero-order chi connectivity index (χ0) is 12.9. The average molecular weight is 299 g/mol. The molecule has 2 aromatic heterocycles. The Hall–Kier alpha value is -1.36. The standard InChI is InChI=1S/C7H5BrN2.C5H10O2/c8-6-2-4-10-7-5(6)1-3-9-7;1-5(2,3)7-4-6/h1-4H,(H,9,10);4H,1-3H3. The van der Waals surface area contributed by atoms with Gasteiger partial charge in [0.25, 0.3) is 6.47 Å². The van der Waals surface area contributed by atoms with Crippen LogP contribution in [0, 0.1) is 0 Å². The molecule has 0 unspecified atom stereocenters. The fraction of sp³-hybridized carbons (Fsp3) is 0.333. The lowest BCUT2D eigenvalue weighted by Gasteiger charge is -2.14. The quantitative estimate of drug-likeness (QED) is 0.822. The summed E-state index contributed by atoms with van der Waals surface area (Å²) < 4.78 is 5.63. The molecule has 0 fully saturated rings. The predicted octanol–water partition coefficient (Wildman–Crippen LogP) is 3.28. The number of fused-ring (bicyclic) bond motifs is 1. The number of pyridine rings is 1. The Morgan fingerprint density at radius 1 is 1.41 bits per heavy atom. The third-order valence-electron chi connectivity index (χ3n) is 1.81. The van der Waals surface area contributed by atoms with Crippen LogP contribution >= 0.6 is 15.9 Å². The summed E-state index contributed by atoms with van der Waals surface area (Å²) >= 11 is 3.42. The first kappa shape index (κ1) is 13.7. The van der Waals surface area contributed by atoms with Gasteiger partial charge in [-0.3, -0.25) is 4.79 Å². The van der Waals surface area contributed by atoms with Crippen molar-refractivity contribution in [2.24, 2.45) is 0 Å². The Morgan fingerprint density at radius 2 is 2.12 bits per heavy atom. The summed E-state index contributed by atoms with van der Waals surface area (Å²) in [6.45, 7) is 5.92. The van der Waals surface area contributed by atoms with Gasteiger partial charge in [0.05, 0.1) is 0 Å². The summed E-state index contributed by atoms with van der Waals surface area (Å²) in [7, 11) is 0. The third kappa shape index (κ3) is 4.56. The Labute approximate surface area is 109 Å². The normalized spacial score (nSPS) is 10.6. The number of carbonyl (C=O) groups excluding carboxylic acids is 1. The summed E-state index contributed by atoms with van der Waals surface area (Å²) in [4.78, 5) is 16.7. The second-order valence-electron chi connectivity index (χ2n) is 4.36. The van der Waals surface area contributed by atoms with Gasteiger partial charge in [-0.25, -0.2) is 4.98 Å². The molecule has 2 aromatic rings. The van der Waals surface area contributed by atoms with Crippen LogP contribution in [0.3, 0.4) is 0 Å². The van der Waals surface area contributed by atoms with Gasteiger partial charge in [0.2, 0.25) is 0 Å². The first-order valence-electron chi connectivity index (χ1n) is 5.13. The molecule has 92 valence electrons. The summed E-state index contributed by atoms with van der Waals surface area (Å²) in [6.07, 6.45) is 3.64. The third-order valence-corrected chi connectivity index (χ3v) is 2.50. The van der Waals surface area contributed by atoms with E-state index >= 15 is 0 Å². The van der Waals surface area contributed by atoms with Crippen molar-refractivity contribution in [2.45, 2.75) is 26.4 Å². The monoisotopic (exact) mass is 298 g/mol. The molecule has 17 heavy (non-hydrogen) atoms. The molecular weight excluding hydrogens is 284 g/mol. The van der Waals surface area contributed by atoms with Gasteiger partial charge in [0, 0.05) is 22.3 Å². The van der Waals surface area contributed by atoms with Crippen LogP contribution in [0.25, 0.3) is 11.0 Å². The SMILES string of the molecule is Brc1ccnc2[nH]ccc12.CC(C)(C)OC=O. The average Bonchev–Trinajstić information content (AvgIpc) is 2.66. The number of carbonyl (C=O) groups is 1. The largest absolute Gasteiger partial charge is 0.462 e. The van der Waals surface area contributed by atoms with E-state index in [0.29, 0.717) is 6.47 Å². The molecule has 2 heterocycles. The molecule has 0 amide bonds. The zero-order valence-corrected chi connectivity index (χ0v) is 11.6. The molecule has 0 saturated carbocycles. The van der Waals surface area contributed by atoms with Crippen molar-refractivity contribution in [1.82, 2.24) is 9.97 Å². The van der Waals surface area contributed by atoms with Crippen molar-refractivity contribution in [3.8, 4) is 0 Å². The molecule has 0 atom stereocenters. The van der Waals surface area contributed by atoms with E-state index < -0.39 is 0 Å². The molecule has 1 N–H and O–H groups in total. The smallest absolute Gasteiger partial charge is 0.293 e. The van der Waals surface area contributed by atoms with Crippen LogP contribution in [-0.2, 0) is 9.53 Å².